The number of thioether (sulfide) groups is 1. The van der Waals surface area contributed by atoms with Crippen molar-refractivity contribution in [1.29, 1.82) is 0 Å². The molecule has 0 aliphatic rings. The van der Waals surface area contributed by atoms with Gasteiger partial charge in [0.05, 0.1) is 16.5 Å². The fraction of sp³-hybridized carbons (Fsp3) is 0.0714. The van der Waals surface area contributed by atoms with Gasteiger partial charge in [0.1, 0.15) is 0 Å². The first-order valence-corrected chi connectivity index (χ1v) is 7.25. The summed E-state index contributed by atoms with van der Waals surface area (Å²) in [5.41, 5.74) is 6.26. The van der Waals surface area contributed by atoms with Crippen molar-refractivity contribution < 1.29 is 13.6 Å². The van der Waals surface area contributed by atoms with Crippen molar-refractivity contribution in [3.05, 3.63) is 53.1 Å². The van der Waals surface area contributed by atoms with E-state index < -0.39 is 11.6 Å². The van der Waals surface area contributed by atoms with Crippen LogP contribution in [0, 0.1) is 11.6 Å². The number of halogens is 3. The van der Waals surface area contributed by atoms with Crippen LogP contribution in [-0.2, 0) is 4.79 Å². The summed E-state index contributed by atoms with van der Waals surface area (Å²) < 4.78 is 25.8. The molecule has 0 aliphatic heterocycles. The molecule has 2 aromatic carbocycles. The molecule has 3 nitrogen and oxygen atoms in total. The van der Waals surface area contributed by atoms with Gasteiger partial charge in [-0.25, -0.2) is 8.78 Å². The van der Waals surface area contributed by atoms with Gasteiger partial charge in [0.2, 0.25) is 5.91 Å². The molecular formula is C14H11ClF2N2OS. The standard InChI is InChI=1S/C14H11ClF2N2OS/c15-10-6-9(2-4-13(10)18)21-7-14(20)19-8-1-3-11(16)12(17)5-8/h1-6H,7,18H2,(H,19,20). The van der Waals surface area contributed by atoms with Gasteiger partial charge in [0.25, 0.3) is 0 Å². The lowest BCUT2D eigenvalue weighted by atomic mass is 10.3. The Balaban J connectivity index is 1.92. The second-order valence-electron chi connectivity index (χ2n) is 4.15. The number of carbonyl (C=O) groups excluding carboxylic acids is 1. The van der Waals surface area contributed by atoms with Crippen molar-refractivity contribution >= 4 is 40.6 Å². The molecule has 0 heterocycles. The monoisotopic (exact) mass is 328 g/mol. The average Bonchev–Trinajstić information content (AvgIpc) is 2.44. The molecule has 0 unspecified atom stereocenters. The van der Waals surface area contributed by atoms with Gasteiger partial charge in [-0.3, -0.25) is 4.79 Å². The number of benzene rings is 2. The van der Waals surface area contributed by atoms with Crippen molar-refractivity contribution in [2.24, 2.45) is 0 Å². The summed E-state index contributed by atoms with van der Waals surface area (Å²) in [6, 6.07) is 8.23. The number of hydrogen-bond donors (Lipinski definition) is 2. The number of anilines is 2. The Morgan fingerprint density at radius 2 is 1.95 bits per heavy atom. The fourth-order valence-electron chi connectivity index (χ4n) is 1.52. The van der Waals surface area contributed by atoms with Gasteiger partial charge in [0, 0.05) is 16.6 Å². The molecule has 0 saturated carbocycles. The molecule has 2 aromatic rings. The van der Waals surface area contributed by atoms with Gasteiger partial charge in [-0.2, -0.15) is 0 Å². The smallest absolute Gasteiger partial charge is 0.234 e. The Hall–Kier alpha value is -1.79. The van der Waals surface area contributed by atoms with E-state index in [1.54, 1.807) is 18.2 Å². The molecule has 0 fully saturated rings. The van der Waals surface area contributed by atoms with Crippen LogP contribution in [0.3, 0.4) is 0 Å². The lowest BCUT2D eigenvalue weighted by Gasteiger charge is -2.06. The minimum Gasteiger partial charge on any atom is -0.398 e. The van der Waals surface area contributed by atoms with Crippen LogP contribution in [0.1, 0.15) is 0 Å². The van der Waals surface area contributed by atoms with Crippen molar-refractivity contribution in [1.82, 2.24) is 0 Å². The van der Waals surface area contributed by atoms with E-state index in [9.17, 15) is 13.6 Å². The maximum atomic E-state index is 13.0. The van der Waals surface area contributed by atoms with E-state index in [1.165, 1.54) is 17.8 Å². The topological polar surface area (TPSA) is 55.1 Å². The number of rotatable bonds is 4. The van der Waals surface area contributed by atoms with Gasteiger partial charge in [0.15, 0.2) is 11.6 Å². The van der Waals surface area contributed by atoms with Crippen LogP contribution in [0.2, 0.25) is 5.02 Å². The number of nitrogens with one attached hydrogen (secondary N) is 1. The summed E-state index contributed by atoms with van der Waals surface area (Å²) in [6.45, 7) is 0. The highest BCUT2D eigenvalue weighted by Gasteiger charge is 2.07. The largest absolute Gasteiger partial charge is 0.398 e. The number of nitrogens with two attached hydrogens (primary N) is 1. The average molecular weight is 329 g/mol. The minimum atomic E-state index is -1.01. The molecular weight excluding hydrogens is 318 g/mol. The molecule has 0 radical (unpaired) electrons. The molecule has 110 valence electrons. The summed E-state index contributed by atoms with van der Waals surface area (Å²) in [4.78, 5) is 12.5. The van der Waals surface area contributed by atoms with E-state index in [0.717, 1.165) is 17.0 Å². The van der Waals surface area contributed by atoms with Gasteiger partial charge < -0.3 is 11.1 Å². The molecule has 1 amide bonds. The van der Waals surface area contributed by atoms with Gasteiger partial charge in [-0.15, -0.1) is 11.8 Å². The first-order chi connectivity index (χ1) is 9.95. The lowest BCUT2D eigenvalue weighted by Crippen LogP contribution is -2.14. The molecule has 0 spiro atoms. The summed E-state index contributed by atoms with van der Waals surface area (Å²) in [7, 11) is 0. The van der Waals surface area contributed by atoms with E-state index in [2.05, 4.69) is 5.32 Å². The van der Waals surface area contributed by atoms with E-state index in [1.807, 2.05) is 0 Å². The zero-order valence-electron chi connectivity index (χ0n) is 10.7. The molecule has 0 aliphatic carbocycles. The first kappa shape index (κ1) is 15.6. The third-order valence-electron chi connectivity index (χ3n) is 2.55. The minimum absolute atomic E-state index is 0.110. The highest BCUT2D eigenvalue weighted by molar-refractivity contribution is 8.00. The predicted molar refractivity (Wildman–Crippen MR) is 81.6 cm³/mol. The Labute approximate surface area is 129 Å². The first-order valence-electron chi connectivity index (χ1n) is 5.88. The summed E-state index contributed by atoms with van der Waals surface area (Å²) in [5, 5.41) is 2.90. The Morgan fingerprint density at radius 3 is 2.62 bits per heavy atom. The van der Waals surface area contributed by atoms with Crippen LogP contribution < -0.4 is 11.1 Å². The van der Waals surface area contributed by atoms with Crippen LogP contribution in [0.15, 0.2) is 41.3 Å². The van der Waals surface area contributed by atoms with E-state index in [4.69, 9.17) is 17.3 Å². The molecule has 21 heavy (non-hydrogen) atoms. The number of carbonyl (C=O) groups is 1. The fourth-order valence-corrected chi connectivity index (χ4v) is 2.50. The molecule has 0 bridgehead atoms. The molecule has 7 heteroatoms. The van der Waals surface area contributed by atoms with E-state index >= 15 is 0 Å². The third-order valence-corrected chi connectivity index (χ3v) is 3.87. The summed E-state index contributed by atoms with van der Waals surface area (Å²) in [5.74, 6) is -2.19. The zero-order valence-corrected chi connectivity index (χ0v) is 12.3. The molecule has 2 rings (SSSR count). The predicted octanol–water partition coefficient (Wildman–Crippen LogP) is 3.93. The summed E-state index contributed by atoms with van der Waals surface area (Å²) in [6.07, 6.45) is 0. The van der Waals surface area contributed by atoms with Gasteiger partial charge in [-0.1, -0.05) is 11.6 Å². The summed E-state index contributed by atoms with van der Waals surface area (Å²) >= 11 is 7.13. The Morgan fingerprint density at radius 1 is 1.19 bits per heavy atom. The second kappa shape index (κ2) is 6.78. The number of hydrogen-bond acceptors (Lipinski definition) is 3. The van der Waals surface area contributed by atoms with E-state index in [-0.39, 0.29) is 17.3 Å². The van der Waals surface area contributed by atoms with Crippen LogP contribution in [-0.4, -0.2) is 11.7 Å². The number of amides is 1. The highest BCUT2D eigenvalue weighted by atomic mass is 35.5. The molecule has 3 N–H and O–H groups in total. The third kappa shape index (κ3) is 4.34. The van der Waals surface area contributed by atoms with Crippen LogP contribution >= 0.6 is 23.4 Å². The molecule has 0 saturated heterocycles. The molecule has 0 aromatic heterocycles. The SMILES string of the molecule is Nc1ccc(SCC(=O)Nc2ccc(F)c(F)c2)cc1Cl. The highest BCUT2D eigenvalue weighted by Crippen LogP contribution is 2.26. The van der Waals surface area contributed by atoms with Crippen molar-refractivity contribution in [3.63, 3.8) is 0 Å². The van der Waals surface area contributed by atoms with Gasteiger partial charge in [-0.05, 0) is 30.3 Å². The lowest BCUT2D eigenvalue weighted by molar-refractivity contribution is -0.113. The van der Waals surface area contributed by atoms with Crippen LogP contribution in [0.5, 0.6) is 0 Å². The normalized spacial score (nSPS) is 10.4. The quantitative estimate of drug-likeness (QED) is 0.660. The van der Waals surface area contributed by atoms with Gasteiger partial charge >= 0.3 is 0 Å². The van der Waals surface area contributed by atoms with Crippen molar-refractivity contribution in [3.8, 4) is 0 Å². The zero-order chi connectivity index (χ0) is 15.4. The maximum absolute atomic E-state index is 13.0. The van der Waals surface area contributed by atoms with Crippen molar-refractivity contribution in [2.75, 3.05) is 16.8 Å². The molecule has 0 atom stereocenters. The van der Waals surface area contributed by atoms with Crippen molar-refractivity contribution in [2.45, 2.75) is 4.90 Å². The Bertz CT molecular complexity index is 682. The van der Waals surface area contributed by atoms with Crippen LogP contribution in [0.25, 0.3) is 0 Å². The number of nitrogen functional groups attached to an aromatic ring is 1. The van der Waals surface area contributed by atoms with E-state index in [0.29, 0.717) is 10.7 Å². The Kier molecular flexibility index (Phi) is 5.03. The van der Waals surface area contributed by atoms with Crippen LogP contribution in [0.4, 0.5) is 20.2 Å². The second-order valence-corrected chi connectivity index (χ2v) is 5.61. The maximum Gasteiger partial charge on any atom is 0.234 e.